The average Bonchev–Trinajstić information content (AvgIpc) is 3.08. The Labute approximate surface area is 152 Å². The number of imidazole rings is 1. The third-order valence-electron chi connectivity index (χ3n) is 5.37. The van der Waals surface area contributed by atoms with Crippen LogP contribution in [0.5, 0.6) is 0 Å². The SMILES string of the molecule is CC(C)(C)[Si](C)(C)OC[C@H]1O[C@@H](n2cnc3c(N)ncnc32)[C@H](F)[C@@H]1O. The van der Waals surface area contributed by atoms with Crippen LogP contribution in [0.4, 0.5) is 10.2 Å². The van der Waals surface area contributed by atoms with E-state index in [9.17, 15) is 9.50 Å². The Balaban J connectivity index is 1.78. The molecule has 1 aliphatic rings. The number of nitrogens with two attached hydrogens (primary N) is 1. The lowest BCUT2D eigenvalue weighted by Crippen LogP contribution is -2.44. The number of aromatic nitrogens is 4. The first-order valence-corrected chi connectivity index (χ1v) is 11.5. The minimum atomic E-state index is -2.03. The van der Waals surface area contributed by atoms with Gasteiger partial charge in [-0.1, -0.05) is 20.8 Å². The van der Waals surface area contributed by atoms with Crippen LogP contribution in [-0.4, -0.2) is 57.9 Å². The Morgan fingerprint density at radius 1 is 1.35 bits per heavy atom. The molecule has 2 aromatic rings. The summed E-state index contributed by atoms with van der Waals surface area (Å²) in [5, 5.41) is 10.3. The van der Waals surface area contributed by atoms with E-state index in [2.05, 4.69) is 48.8 Å². The second-order valence-electron chi connectivity index (χ2n) is 8.15. The zero-order valence-electron chi connectivity index (χ0n) is 15.7. The summed E-state index contributed by atoms with van der Waals surface area (Å²) in [5.74, 6) is 0.209. The topological polar surface area (TPSA) is 108 Å². The molecule has 1 fully saturated rings. The predicted octanol–water partition coefficient (Wildman–Crippen LogP) is 2.03. The van der Waals surface area contributed by atoms with Crippen molar-refractivity contribution in [2.75, 3.05) is 12.3 Å². The van der Waals surface area contributed by atoms with Crippen LogP contribution in [-0.2, 0) is 9.16 Å². The molecule has 8 nitrogen and oxygen atoms in total. The molecule has 0 spiro atoms. The smallest absolute Gasteiger partial charge is 0.192 e. The van der Waals surface area contributed by atoms with Crippen LogP contribution in [0.3, 0.4) is 0 Å². The number of aliphatic hydroxyl groups is 1. The summed E-state index contributed by atoms with van der Waals surface area (Å²) >= 11 is 0. The molecule has 144 valence electrons. The third kappa shape index (κ3) is 3.22. The molecule has 0 bridgehead atoms. The standard InChI is InChI=1S/C16H26FN5O3Si/c1-16(2,3)26(4,5)24-6-9-12(23)10(17)15(25-9)22-8-21-11-13(18)19-7-20-14(11)22/h7-10,12,15,23H,6H2,1-5H3,(H2,18,19,20)/t9-,10-,12-,15-/m1/s1. The van der Waals surface area contributed by atoms with Crippen molar-refractivity contribution in [2.45, 2.75) is 63.5 Å². The molecule has 0 aromatic carbocycles. The molecule has 3 N–H and O–H groups in total. The van der Waals surface area contributed by atoms with Gasteiger partial charge in [0.1, 0.15) is 24.1 Å². The average molecular weight is 384 g/mol. The second kappa shape index (κ2) is 6.52. The van der Waals surface area contributed by atoms with E-state index in [1.165, 1.54) is 17.2 Å². The molecule has 1 aliphatic heterocycles. The van der Waals surface area contributed by atoms with E-state index in [1.54, 1.807) is 0 Å². The van der Waals surface area contributed by atoms with Crippen LogP contribution in [0, 0.1) is 0 Å². The molecule has 26 heavy (non-hydrogen) atoms. The third-order valence-corrected chi connectivity index (χ3v) is 9.87. The number of halogens is 1. The van der Waals surface area contributed by atoms with Gasteiger partial charge in [-0.3, -0.25) is 4.57 Å². The van der Waals surface area contributed by atoms with Crippen molar-refractivity contribution < 1.29 is 18.7 Å². The zero-order chi connectivity index (χ0) is 19.3. The fraction of sp³-hybridized carbons (Fsp3) is 0.688. The number of nitrogen functional groups attached to an aromatic ring is 1. The van der Waals surface area contributed by atoms with Crippen molar-refractivity contribution in [3.05, 3.63) is 12.7 Å². The fourth-order valence-corrected chi connectivity index (χ4v) is 3.64. The largest absolute Gasteiger partial charge is 0.414 e. The number of hydrogen-bond donors (Lipinski definition) is 2. The highest BCUT2D eigenvalue weighted by molar-refractivity contribution is 6.74. The number of anilines is 1. The lowest BCUT2D eigenvalue weighted by molar-refractivity contribution is -0.0434. The van der Waals surface area contributed by atoms with Crippen molar-refractivity contribution in [3.8, 4) is 0 Å². The van der Waals surface area contributed by atoms with Crippen LogP contribution in [0.2, 0.25) is 18.1 Å². The number of rotatable bonds is 4. The quantitative estimate of drug-likeness (QED) is 0.778. The molecule has 0 radical (unpaired) electrons. The first-order valence-electron chi connectivity index (χ1n) is 8.57. The van der Waals surface area contributed by atoms with Crippen LogP contribution in [0.1, 0.15) is 27.0 Å². The summed E-state index contributed by atoms with van der Waals surface area (Å²) in [4.78, 5) is 12.1. The molecule has 10 heteroatoms. The minimum absolute atomic E-state index is 0.0140. The fourth-order valence-electron chi connectivity index (χ4n) is 2.63. The van der Waals surface area contributed by atoms with Crippen LogP contribution in [0.15, 0.2) is 12.7 Å². The minimum Gasteiger partial charge on any atom is -0.414 e. The maximum absolute atomic E-state index is 14.7. The molecule has 0 unspecified atom stereocenters. The maximum atomic E-state index is 14.7. The number of alkyl halides is 1. The van der Waals surface area contributed by atoms with Crippen LogP contribution < -0.4 is 5.73 Å². The van der Waals surface area contributed by atoms with E-state index in [4.69, 9.17) is 14.9 Å². The summed E-state index contributed by atoms with van der Waals surface area (Å²) in [6.45, 7) is 10.7. The normalized spacial score (nSPS) is 27.3. The van der Waals surface area contributed by atoms with E-state index in [0.29, 0.717) is 11.2 Å². The van der Waals surface area contributed by atoms with Gasteiger partial charge >= 0.3 is 0 Å². The number of aliphatic hydroxyl groups excluding tert-OH is 1. The Morgan fingerprint density at radius 2 is 2.04 bits per heavy atom. The van der Waals surface area contributed by atoms with Gasteiger partial charge in [-0.25, -0.2) is 19.3 Å². The van der Waals surface area contributed by atoms with Gasteiger partial charge in [0.05, 0.1) is 12.9 Å². The number of nitrogens with zero attached hydrogens (tertiary/aromatic N) is 4. The molecule has 0 saturated carbocycles. The van der Waals surface area contributed by atoms with Crippen LogP contribution >= 0.6 is 0 Å². The summed E-state index contributed by atoms with van der Waals surface area (Å²) in [6.07, 6.45) is -2.04. The van der Waals surface area contributed by atoms with Gasteiger partial charge in [0.15, 0.2) is 32.2 Å². The van der Waals surface area contributed by atoms with Crippen molar-refractivity contribution in [1.82, 2.24) is 19.5 Å². The second-order valence-corrected chi connectivity index (χ2v) is 13.0. The molecule has 0 aliphatic carbocycles. The van der Waals surface area contributed by atoms with Gasteiger partial charge in [-0.15, -0.1) is 0 Å². The molecule has 4 atom stereocenters. The van der Waals surface area contributed by atoms with Gasteiger partial charge in [0, 0.05) is 0 Å². The van der Waals surface area contributed by atoms with Gasteiger partial charge < -0.3 is 20.0 Å². The molecular formula is C16H26FN5O3Si. The van der Waals surface area contributed by atoms with Crippen LogP contribution in [0.25, 0.3) is 11.2 Å². The van der Waals surface area contributed by atoms with Gasteiger partial charge in [-0.05, 0) is 18.1 Å². The summed E-state index contributed by atoms with van der Waals surface area (Å²) in [5.41, 5.74) is 6.51. The Kier molecular flexibility index (Phi) is 4.80. The van der Waals surface area contributed by atoms with Gasteiger partial charge in [0.2, 0.25) is 0 Å². The first kappa shape index (κ1) is 19.1. The van der Waals surface area contributed by atoms with E-state index in [-0.39, 0.29) is 17.5 Å². The molecule has 0 amide bonds. The summed E-state index contributed by atoms with van der Waals surface area (Å²) in [6, 6.07) is 0. The number of ether oxygens (including phenoxy) is 1. The highest BCUT2D eigenvalue weighted by atomic mass is 28.4. The highest BCUT2D eigenvalue weighted by Crippen LogP contribution is 2.38. The van der Waals surface area contributed by atoms with Crippen molar-refractivity contribution in [2.24, 2.45) is 0 Å². The molecule has 3 rings (SSSR count). The Morgan fingerprint density at radius 3 is 2.69 bits per heavy atom. The Bertz CT molecular complexity index is 794. The summed E-state index contributed by atoms with van der Waals surface area (Å²) in [7, 11) is -2.03. The predicted molar refractivity (Wildman–Crippen MR) is 97.7 cm³/mol. The van der Waals surface area contributed by atoms with E-state index in [0.717, 1.165) is 0 Å². The van der Waals surface area contributed by atoms with E-state index >= 15 is 0 Å². The van der Waals surface area contributed by atoms with Crippen molar-refractivity contribution in [1.29, 1.82) is 0 Å². The highest BCUT2D eigenvalue weighted by Gasteiger charge is 2.47. The van der Waals surface area contributed by atoms with E-state index < -0.39 is 32.9 Å². The number of fused-ring (bicyclic) bond motifs is 1. The zero-order valence-corrected chi connectivity index (χ0v) is 16.7. The first-order chi connectivity index (χ1) is 12.0. The lowest BCUT2D eigenvalue weighted by atomic mass is 10.1. The molecule has 2 aromatic heterocycles. The molecule has 1 saturated heterocycles. The van der Waals surface area contributed by atoms with E-state index in [1.807, 2.05) is 0 Å². The lowest BCUT2D eigenvalue weighted by Gasteiger charge is -2.37. The van der Waals surface area contributed by atoms with Crippen molar-refractivity contribution in [3.63, 3.8) is 0 Å². The van der Waals surface area contributed by atoms with Gasteiger partial charge in [0.25, 0.3) is 0 Å². The monoisotopic (exact) mass is 383 g/mol. The molecular weight excluding hydrogens is 357 g/mol. The maximum Gasteiger partial charge on any atom is 0.192 e. The van der Waals surface area contributed by atoms with Gasteiger partial charge in [-0.2, -0.15) is 0 Å². The molecule has 3 heterocycles. The number of hydrogen-bond acceptors (Lipinski definition) is 7. The van der Waals surface area contributed by atoms with Crippen molar-refractivity contribution >= 4 is 25.3 Å². The Hall–Kier alpha value is -1.62. The summed E-state index contributed by atoms with van der Waals surface area (Å²) < 4.78 is 28.0.